The van der Waals surface area contributed by atoms with Gasteiger partial charge in [0.2, 0.25) is 10.0 Å². The average Bonchev–Trinajstić information content (AvgIpc) is 2.55. The lowest BCUT2D eigenvalue weighted by Gasteiger charge is -2.12. The number of nitriles is 1. The molecule has 0 fully saturated rings. The lowest BCUT2D eigenvalue weighted by Crippen LogP contribution is -2.33. The third kappa shape index (κ3) is 5.18. The molecule has 2 rings (SSSR count). The second-order valence-corrected chi connectivity index (χ2v) is 6.94. The molecule has 2 N–H and O–H groups in total. The first-order valence-electron chi connectivity index (χ1n) is 7.19. The van der Waals surface area contributed by atoms with Gasteiger partial charge in [0.05, 0.1) is 23.5 Å². The zero-order valence-corrected chi connectivity index (χ0v) is 13.3. The number of hydrogen-bond acceptors (Lipinski definition) is 4. The number of sulfonamides is 1. The van der Waals surface area contributed by atoms with E-state index in [-0.39, 0.29) is 17.9 Å². The minimum Gasteiger partial charge on any atom is -0.391 e. The van der Waals surface area contributed by atoms with Gasteiger partial charge < -0.3 is 5.11 Å². The van der Waals surface area contributed by atoms with Gasteiger partial charge in [0.15, 0.2) is 0 Å². The van der Waals surface area contributed by atoms with Gasteiger partial charge in [0.25, 0.3) is 0 Å². The van der Waals surface area contributed by atoms with E-state index in [1.54, 1.807) is 12.1 Å². The van der Waals surface area contributed by atoms with Gasteiger partial charge in [0, 0.05) is 6.54 Å². The van der Waals surface area contributed by atoms with Crippen LogP contribution in [0.1, 0.15) is 11.1 Å². The molecule has 23 heavy (non-hydrogen) atoms. The van der Waals surface area contributed by atoms with Crippen LogP contribution in [0, 0.1) is 11.3 Å². The van der Waals surface area contributed by atoms with Crippen LogP contribution >= 0.6 is 0 Å². The molecule has 0 aromatic heterocycles. The molecular formula is C17H18N2O3S. The van der Waals surface area contributed by atoms with Crippen LogP contribution in [0.15, 0.2) is 59.5 Å². The van der Waals surface area contributed by atoms with Gasteiger partial charge in [-0.1, -0.05) is 42.5 Å². The molecule has 0 spiro atoms. The molecule has 120 valence electrons. The summed E-state index contributed by atoms with van der Waals surface area (Å²) in [5.41, 5.74) is 1.70. The highest BCUT2D eigenvalue weighted by Crippen LogP contribution is 2.11. The zero-order valence-electron chi connectivity index (χ0n) is 12.5. The molecule has 0 radical (unpaired) electrons. The van der Waals surface area contributed by atoms with Gasteiger partial charge in [-0.05, 0) is 29.7 Å². The van der Waals surface area contributed by atoms with Gasteiger partial charge in [-0.3, -0.25) is 0 Å². The van der Waals surface area contributed by atoms with E-state index in [4.69, 9.17) is 5.26 Å². The molecule has 2 aromatic rings. The van der Waals surface area contributed by atoms with Crippen LogP contribution in [0.25, 0.3) is 0 Å². The maximum absolute atomic E-state index is 12.2. The van der Waals surface area contributed by atoms with Crippen molar-refractivity contribution in [3.63, 3.8) is 0 Å². The lowest BCUT2D eigenvalue weighted by atomic mass is 10.1. The molecule has 0 bridgehead atoms. The van der Waals surface area contributed by atoms with Crippen LogP contribution < -0.4 is 4.72 Å². The quantitative estimate of drug-likeness (QED) is 0.807. The van der Waals surface area contributed by atoms with E-state index in [0.29, 0.717) is 6.42 Å². The van der Waals surface area contributed by atoms with Crippen LogP contribution in [-0.4, -0.2) is 26.2 Å². The fraction of sp³-hybridized carbons (Fsp3) is 0.235. The second-order valence-electron chi connectivity index (χ2n) is 5.17. The van der Waals surface area contributed by atoms with Crippen molar-refractivity contribution in [2.75, 3.05) is 6.54 Å². The molecular weight excluding hydrogens is 312 g/mol. The van der Waals surface area contributed by atoms with Gasteiger partial charge in [-0.15, -0.1) is 0 Å². The molecule has 1 unspecified atom stereocenters. The topological polar surface area (TPSA) is 90.2 Å². The fourth-order valence-electron chi connectivity index (χ4n) is 2.13. The van der Waals surface area contributed by atoms with Gasteiger partial charge in [-0.25, -0.2) is 13.1 Å². The monoisotopic (exact) mass is 330 g/mol. The third-order valence-corrected chi connectivity index (χ3v) is 4.78. The second kappa shape index (κ2) is 7.88. The summed E-state index contributed by atoms with van der Waals surface area (Å²) in [6.07, 6.45) is -0.182. The minimum atomic E-state index is -3.67. The Bertz CT molecular complexity index is 766. The van der Waals surface area contributed by atoms with Crippen molar-refractivity contribution in [1.82, 2.24) is 4.72 Å². The van der Waals surface area contributed by atoms with E-state index in [0.717, 1.165) is 11.1 Å². The van der Waals surface area contributed by atoms with E-state index < -0.39 is 16.1 Å². The Balaban J connectivity index is 1.94. The standard InChI is InChI=1S/C17H18N2O3S/c18-11-10-14-6-8-17(9-7-14)23(21,22)19-13-16(20)12-15-4-2-1-3-5-15/h1-9,16,19-20H,10,12-13H2. The SMILES string of the molecule is N#CCc1ccc(S(=O)(=O)NCC(O)Cc2ccccc2)cc1. The summed E-state index contributed by atoms with van der Waals surface area (Å²) in [5, 5.41) is 18.6. The molecule has 0 aliphatic rings. The van der Waals surface area contributed by atoms with E-state index in [1.807, 2.05) is 36.4 Å². The van der Waals surface area contributed by atoms with Crippen molar-refractivity contribution in [3.8, 4) is 6.07 Å². The third-order valence-electron chi connectivity index (χ3n) is 3.34. The predicted octanol–water partition coefficient (Wildman–Crippen LogP) is 1.63. The van der Waals surface area contributed by atoms with E-state index in [2.05, 4.69) is 4.72 Å². The van der Waals surface area contributed by atoms with Crippen LogP contribution in [0.4, 0.5) is 0 Å². The summed E-state index contributed by atoms with van der Waals surface area (Å²) in [6.45, 7) is -0.0584. The van der Waals surface area contributed by atoms with E-state index >= 15 is 0 Å². The van der Waals surface area contributed by atoms with E-state index in [9.17, 15) is 13.5 Å². The van der Waals surface area contributed by atoms with Crippen LogP contribution in [0.3, 0.4) is 0 Å². The first kappa shape index (κ1) is 17.2. The molecule has 1 atom stereocenters. The highest BCUT2D eigenvalue weighted by molar-refractivity contribution is 7.89. The number of hydrogen-bond donors (Lipinski definition) is 2. The molecule has 0 saturated heterocycles. The summed E-state index contributed by atoms with van der Waals surface area (Å²) in [5.74, 6) is 0. The Labute approximate surface area is 136 Å². The summed E-state index contributed by atoms with van der Waals surface area (Å²) >= 11 is 0. The highest BCUT2D eigenvalue weighted by Gasteiger charge is 2.16. The molecule has 0 aliphatic heterocycles. The van der Waals surface area contributed by atoms with Crippen LogP contribution in [-0.2, 0) is 22.9 Å². The van der Waals surface area contributed by atoms with Crippen molar-refractivity contribution in [1.29, 1.82) is 5.26 Å². The van der Waals surface area contributed by atoms with Crippen molar-refractivity contribution >= 4 is 10.0 Å². The van der Waals surface area contributed by atoms with Gasteiger partial charge in [0.1, 0.15) is 0 Å². The number of benzene rings is 2. The molecule has 0 aliphatic carbocycles. The summed E-state index contributed by atoms with van der Waals surface area (Å²) in [4.78, 5) is 0.117. The number of aliphatic hydroxyl groups excluding tert-OH is 1. The smallest absolute Gasteiger partial charge is 0.240 e. The first-order valence-corrected chi connectivity index (χ1v) is 8.67. The van der Waals surface area contributed by atoms with Crippen LogP contribution in [0.2, 0.25) is 0 Å². The molecule has 0 heterocycles. The molecule has 0 saturated carbocycles. The number of nitrogens with zero attached hydrogens (tertiary/aromatic N) is 1. The Morgan fingerprint density at radius 3 is 2.30 bits per heavy atom. The average molecular weight is 330 g/mol. The Morgan fingerprint density at radius 1 is 1.04 bits per heavy atom. The highest BCUT2D eigenvalue weighted by atomic mass is 32.2. The van der Waals surface area contributed by atoms with E-state index in [1.165, 1.54) is 12.1 Å². The molecule has 0 amide bonds. The minimum absolute atomic E-state index is 0.0584. The summed E-state index contributed by atoms with van der Waals surface area (Å²) < 4.78 is 26.7. The van der Waals surface area contributed by atoms with Crippen molar-refractivity contribution in [2.45, 2.75) is 23.8 Å². The Kier molecular flexibility index (Phi) is 5.88. The number of nitrogens with one attached hydrogen (secondary N) is 1. The lowest BCUT2D eigenvalue weighted by molar-refractivity contribution is 0.179. The molecule has 6 heteroatoms. The number of rotatable bonds is 7. The molecule has 5 nitrogen and oxygen atoms in total. The van der Waals surface area contributed by atoms with Crippen LogP contribution in [0.5, 0.6) is 0 Å². The fourth-order valence-corrected chi connectivity index (χ4v) is 3.20. The normalized spacial score (nSPS) is 12.5. The maximum atomic E-state index is 12.2. The Hall–Kier alpha value is -2.20. The largest absolute Gasteiger partial charge is 0.391 e. The van der Waals surface area contributed by atoms with Gasteiger partial charge >= 0.3 is 0 Å². The Morgan fingerprint density at radius 2 is 1.70 bits per heavy atom. The summed E-state index contributed by atoms with van der Waals surface area (Å²) in [7, 11) is -3.67. The van der Waals surface area contributed by atoms with Gasteiger partial charge in [-0.2, -0.15) is 5.26 Å². The summed E-state index contributed by atoms with van der Waals surface area (Å²) in [6, 6.07) is 17.5. The predicted molar refractivity (Wildman–Crippen MR) is 87.1 cm³/mol. The molecule has 2 aromatic carbocycles. The van der Waals surface area contributed by atoms with Crippen molar-refractivity contribution in [3.05, 3.63) is 65.7 Å². The zero-order chi connectivity index (χ0) is 16.7. The van der Waals surface area contributed by atoms with Crippen molar-refractivity contribution < 1.29 is 13.5 Å². The van der Waals surface area contributed by atoms with Crippen molar-refractivity contribution in [2.24, 2.45) is 0 Å². The maximum Gasteiger partial charge on any atom is 0.240 e. The first-order chi connectivity index (χ1) is 11.0. The number of aliphatic hydroxyl groups is 1.